The van der Waals surface area contributed by atoms with Gasteiger partial charge in [0.25, 0.3) is 0 Å². The smallest absolute Gasteiger partial charge is 0 e. The fourth-order valence-electron chi connectivity index (χ4n) is 0. The fourth-order valence-corrected chi connectivity index (χ4v) is 0. The Morgan fingerprint density at radius 1 is 0.750 bits per heavy atom. The Bertz CT molecular complexity index is 6.00. The van der Waals surface area contributed by atoms with Crippen LogP contribution in [-0.2, 0) is 17.1 Å². The fraction of sp³-hybridized carbons (Fsp3) is 0. The Labute approximate surface area is 61.2 Å². The van der Waals surface area contributed by atoms with Crippen molar-refractivity contribution in [3.63, 3.8) is 0 Å². The van der Waals surface area contributed by atoms with Gasteiger partial charge in [0.1, 0.15) is 0 Å². The van der Waals surface area contributed by atoms with Crippen LogP contribution in [0.4, 0.5) is 0 Å². The largest absolute Gasteiger partial charge is 0.197 e. The van der Waals surface area contributed by atoms with E-state index in [1.54, 1.807) is 0 Å². The van der Waals surface area contributed by atoms with Crippen molar-refractivity contribution in [1.29, 1.82) is 0 Å². The van der Waals surface area contributed by atoms with Gasteiger partial charge < -0.3 is 0 Å². The van der Waals surface area contributed by atoms with Crippen molar-refractivity contribution in [2.45, 2.75) is 0 Å². The molecule has 0 unspecified atom stereocenters. The molecule has 0 aliphatic rings. The molecule has 0 rings (SSSR count). The Morgan fingerprint density at radius 2 is 0.750 bits per heavy atom. The molecular weight excluding hydrogens is 147 g/mol. The summed E-state index contributed by atoms with van der Waals surface area (Å²) in [6.45, 7) is 0. The maximum atomic E-state index is 0. The first kappa shape index (κ1) is 42.3. The normalized spacial score (nSPS) is 0. The summed E-state index contributed by atoms with van der Waals surface area (Å²) in [7, 11) is 0. The van der Waals surface area contributed by atoms with Crippen molar-refractivity contribution < 1.29 is 17.1 Å². The minimum Gasteiger partial charge on any atom is -0.197 e. The summed E-state index contributed by atoms with van der Waals surface area (Å²) in [6.07, 6.45) is 0. The van der Waals surface area contributed by atoms with Gasteiger partial charge in [-0.2, -0.15) is 27.0 Å². The van der Waals surface area contributed by atoms with Gasteiger partial charge in [-0.1, -0.05) is 0 Å². The first-order valence-corrected chi connectivity index (χ1v) is 0. The third-order valence-electron chi connectivity index (χ3n) is 0. The summed E-state index contributed by atoms with van der Waals surface area (Å²) < 4.78 is 0. The summed E-state index contributed by atoms with van der Waals surface area (Å²) in [5.41, 5.74) is 0. The minimum absolute atomic E-state index is 0. The Balaban J connectivity index is 0. The summed E-state index contributed by atoms with van der Waals surface area (Å²) in [5.74, 6) is 0. The van der Waals surface area contributed by atoms with Crippen LogP contribution in [0.1, 0.15) is 0 Å². The van der Waals surface area contributed by atoms with Crippen LogP contribution in [0.2, 0.25) is 0 Å². The standard InChI is InChI=1S/Al.Fe.2H2S/h;;2*1H2. The van der Waals surface area contributed by atoms with E-state index in [9.17, 15) is 0 Å². The van der Waals surface area contributed by atoms with Gasteiger partial charge in [-0.15, -0.1) is 0 Å². The molecule has 0 aliphatic carbocycles. The first-order valence-electron chi connectivity index (χ1n) is 0. The van der Waals surface area contributed by atoms with Crippen LogP contribution in [0.5, 0.6) is 0 Å². The molecule has 3 radical (unpaired) electrons. The van der Waals surface area contributed by atoms with E-state index >= 15 is 0 Å². The molecule has 4 heteroatoms. The van der Waals surface area contributed by atoms with E-state index in [4.69, 9.17) is 0 Å². The van der Waals surface area contributed by atoms with E-state index in [2.05, 4.69) is 0 Å². The van der Waals surface area contributed by atoms with Gasteiger partial charge in [0.2, 0.25) is 0 Å². The molecule has 0 fully saturated rings. The molecule has 4 heavy (non-hydrogen) atoms. The molecule has 0 amide bonds. The second-order valence-electron chi connectivity index (χ2n) is 0. The molecule has 0 N–H and O–H groups in total. The van der Waals surface area contributed by atoms with Crippen molar-refractivity contribution in [2.24, 2.45) is 0 Å². The third-order valence-corrected chi connectivity index (χ3v) is 0. The summed E-state index contributed by atoms with van der Waals surface area (Å²) >= 11 is 0. The number of hydrogen-bond acceptors (Lipinski definition) is 0. The Hall–Kier alpha value is 1.75. The van der Waals surface area contributed by atoms with E-state index in [-0.39, 0.29) is 61.4 Å². The van der Waals surface area contributed by atoms with Crippen LogP contribution in [0.25, 0.3) is 0 Å². The Morgan fingerprint density at radius 3 is 0.750 bits per heavy atom. The summed E-state index contributed by atoms with van der Waals surface area (Å²) in [4.78, 5) is 0. The second kappa shape index (κ2) is 21.8. The molecule has 0 spiro atoms. The quantitative estimate of drug-likeness (QED) is 0.422. The van der Waals surface area contributed by atoms with E-state index in [0.29, 0.717) is 0 Å². The zero-order valence-electron chi connectivity index (χ0n) is 1.93. The SMILES string of the molecule is S.S.[Al].[Fe]. The van der Waals surface area contributed by atoms with Crippen LogP contribution >= 0.6 is 27.0 Å². The molecule has 0 saturated heterocycles. The molecule has 0 nitrogen and oxygen atoms in total. The molecule has 0 aromatic rings. The van der Waals surface area contributed by atoms with Crippen molar-refractivity contribution in [3.8, 4) is 0 Å². The number of hydrogen-bond donors (Lipinski definition) is 0. The van der Waals surface area contributed by atoms with Crippen LogP contribution < -0.4 is 0 Å². The van der Waals surface area contributed by atoms with Gasteiger partial charge in [-0.3, -0.25) is 0 Å². The Kier molecular flexibility index (Phi) is 231. The van der Waals surface area contributed by atoms with Gasteiger partial charge in [-0.05, 0) is 0 Å². The minimum atomic E-state index is 0. The molecular formula is H4AlFeS2. The zero-order chi connectivity index (χ0) is 0. The maximum Gasteiger partial charge on any atom is 0 e. The third kappa shape index (κ3) is 9.26. The second-order valence-corrected chi connectivity index (χ2v) is 0. The van der Waals surface area contributed by atoms with Gasteiger partial charge >= 0.3 is 0 Å². The monoisotopic (exact) mass is 151 g/mol. The van der Waals surface area contributed by atoms with E-state index < -0.39 is 0 Å². The molecule has 27 valence electrons. The van der Waals surface area contributed by atoms with Gasteiger partial charge in [0, 0.05) is 34.4 Å². The molecule has 0 aromatic heterocycles. The van der Waals surface area contributed by atoms with Crippen LogP contribution in [0, 0.1) is 0 Å². The maximum absolute atomic E-state index is 0. The predicted octanol–water partition coefficient (Wildman–Crippen LogP) is -0.158. The summed E-state index contributed by atoms with van der Waals surface area (Å²) in [5, 5.41) is 0. The molecule has 0 atom stereocenters. The summed E-state index contributed by atoms with van der Waals surface area (Å²) in [6, 6.07) is 0. The van der Waals surface area contributed by atoms with Gasteiger partial charge in [0.05, 0.1) is 0 Å². The molecule has 0 bridgehead atoms. The van der Waals surface area contributed by atoms with Crippen molar-refractivity contribution in [2.75, 3.05) is 0 Å². The first-order chi connectivity index (χ1) is 0. The van der Waals surface area contributed by atoms with Crippen molar-refractivity contribution in [3.05, 3.63) is 0 Å². The predicted molar refractivity (Wildman–Crippen MR) is 26.5 cm³/mol. The van der Waals surface area contributed by atoms with Crippen LogP contribution in [-0.4, -0.2) is 17.4 Å². The molecule has 0 aromatic carbocycles. The average Bonchev–Trinajstić information content (AvgIpc) is 0. The van der Waals surface area contributed by atoms with Crippen molar-refractivity contribution >= 4 is 44.4 Å². The van der Waals surface area contributed by atoms with Crippen LogP contribution in [0.15, 0.2) is 0 Å². The van der Waals surface area contributed by atoms with Gasteiger partial charge in [-0.25, -0.2) is 0 Å². The van der Waals surface area contributed by atoms with Crippen LogP contribution in [0.3, 0.4) is 0 Å². The van der Waals surface area contributed by atoms with E-state index in [1.807, 2.05) is 0 Å². The zero-order valence-corrected chi connectivity index (χ0v) is 6.19. The van der Waals surface area contributed by atoms with E-state index in [0.717, 1.165) is 0 Å². The molecule has 0 heterocycles. The number of rotatable bonds is 0. The van der Waals surface area contributed by atoms with Gasteiger partial charge in [0.15, 0.2) is 0 Å². The van der Waals surface area contributed by atoms with Crippen molar-refractivity contribution in [1.82, 2.24) is 0 Å². The average molecular weight is 151 g/mol. The molecule has 0 saturated carbocycles. The molecule has 0 aliphatic heterocycles. The topological polar surface area (TPSA) is 0 Å². The van der Waals surface area contributed by atoms with E-state index in [1.165, 1.54) is 0 Å².